The average molecular weight is 187 g/mol. The predicted octanol–water partition coefficient (Wildman–Crippen LogP) is 0.494. The highest BCUT2D eigenvalue weighted by molar-refractivity contribution is 6.11. The Bertz CT molecular complexity index is 119. The summed E-state index contributed by atoms with van der Waals surface area (Å²) in [6, 6.07) is 0. The summed E-state index contributed by atoms with van der Waals surface area (Å²) < 4.78 is 0. The van der Waals surface area contributed by atoms with E-state index in [0.29, 0.717) is 5.92 Å². The molecule has 2 atom stereocenters. The Hall–Kier alpha value is -0.153. The quantitative estimate of drug-likeness (QED) is 0.358. The van der Waals surface area contributed by atoms with Crippen LogP contribution in [0.5, 0.6) is 0 Å². The maximum atomic E-state index is 10.0. The van der Waals surface area contributed by atoms with E-state index in [0.717, 1.165) is 31.2 Å². The molecule has 0 heterocycles. The van der Waals surface area contributed by atoms with Gasteiger partial charge in [-0.1, -0.05) is 25.3 Å². The molecule has 0 aliphatic rings. The van der Waals surface area contributed by atoms with E-state index in [9.17, 15) is 4.79 Å². The van der Waals surface area contributed by atoms with Crippen molar-refractivity contribution in [3.8, 4) is 0 Å². The molecular weight excluding hydrogens is 166 g/mol. The molecule has 2 unspecified atom stereocenters. The zero-order chi connectivity index (χ0) is 9.40. The second-order valence-corrected chi connectivity index (χ2v) is 5.12. The van der Waals surface area contributed by atoms with E-state index < -0.39 is 0 Å². The highest BCUT2D eigenvalue weighted by Crippen LogP contribution is 2.20. The highest BCUT2D eigenvalue weighted by Gasteiger charge is 2.09. The van der Waals surface area contributed by atoms with Crippen LogP contribution >= 0.6 is 0 Å². The Balaban J connectivity index is 3.30. The molecule has 0 radical (unpaired) electrons. The van der Waals surface area contributed by atoms with Gasteiger partial charge in [0, 0.05) is 16.7 Å². The van der Waals surface area contributed by atoms with E-state index in [-0.39, 0.29) is 0 Å². The standard InChI is InChI=1S/C9H21NOSi/c1-8(7-10)9(12)5-3-2-4-6-11/h6,8-9H,2-5,7,10H2,1,12H3. The molecule has 12 heavy (non-hydrogen) atoms. The predicted molar refractivity (Wildman–Crippen MR) is 56.4 cm³/mol. The summed E-state index contributed by atoms with van der Waals surface area (Å²) in [7, 11) is 1.23. The molecule has 72 valence electrons. The lowest BCUT2D eigenvalue weighted by Crippen LogP contribution is -2.16. The van der Waals surface area contributed by atoms with Crippen LogP contribution < -0.4 is 5.73 Å². The Labute approximate surface area is 78.3 Å². The lowest BCUT2D eigenvalue weighted by Gasteiger charge is -2.17. The van der Waals surface area contributed by atoms with Crippen LogP contribution in [0.15, 0.2) is 0 Å². The van der Waals surface area contributed by atoms with Gasteiger partial charge in [-0.2, -0.15) is 0 Å². The minimum absolute atomic E-state index is 0.674. The van der Waals surface area contributed by atoms with Gasteiger partial charge in [0.15, 0.2) is 0 Å². The van der Waals surface area contributed by atoms with Gasteiger partial charge in [0.2, 0.25) is 0 Å². The molecular formula is C9H21NOSi. The number of hydrogen-bond acceptors (Lipinski definition) is 2. The Morgan fingerprint density at radius 2 is 2.17 bits per heavy atom. The van der Waals surface area contributed by atoms with Crippen molar-refractivity contribution in [2.45, 2.75) is 38.1 Å². The lowest BCUT2D eigenvalue weighted by molar-refractivity contribution is -0.107. The number of aldehydes is 1. The van der Waals surface area contributed by atoms with Gasteiger partial charge in [-0.3, -0.25) is 0 Å². The Morgan fingerprint density at radius 1 is 1.50 bits per heavy atom. The van der Waals surface area contributed by atoms with Gasteiger partial charge in [-0.05, 0) is 18.9 Å². The van der Waals surface area contributed by atoms with Crippen molar-refractivity contribution < 1.29 is 4.79 Å². The van der Waals surface area contributed by atoms with Crippen molar-refractivity contribution in [1.82, 2.24) is 0 Å². The molecule has 0 rings (SSSR count). The third-order valence-electron chi connectivity index (χ3n) is 2.57. The van der Waals surface area contributed by atoms with Gasteiger partial charge in [-0.25, -0.2) is 0 Å². The first-order valence-corrected chi connectivity index (χ1v) is 6.01. The number of carbonyl (C=O) groups excluding carboxylic acids is 1. The molecule has 0 saturated heterocycles. The molecule has 0 aliphatic heterocycles. The topological polar surface area (TPSA) is 43.1 Å². The van der Waals surface area contributed by atoms with E-state index in [1.54, 1.807) is 0 Å². The van der Waals surface area contributed by atoms with Crippen molar-refractivity contribution >= 4 is 16.5 Å². The normalized spacial score (nSPS) is 15.8. The fraction of sp³-hybridized carbons (Fsp3) is 0.889. The molecule has 3 heteroatoms. The van der Waals surface area contributed by atoms with Gasteiger partial charge < -0.3 is 10.5 Å². The van der Waals surface area contributed by atoms with Crippen LogP contribution in [-0.4, -0.2) is 23.1 Å². The summed E-state index contributed by atoms with van der Waals surface area (Å²) in [5.74, 6) is 0.674. The molecule has 0 aromatic rings. The zero-order valence-electron chi connectivity index (χ0n) is 8.25. The number of unbranched alkanes of at least 4 members (excludes halogenated alkanes) is 2. The Morgan fingerprint density at radius 3 is 2.67 bits per heavy atom. The molecule has 0 saturated carbocycles. The number of nitrogens with two attached hydrogens (primary N) is 1. The van der Waals surface area contributed by atoms with E-state index in [4.69, 9.17) is 5.73 Å². The van der Waals surface area contributed by atoms with Crippen LogP contribution in [0.1, 0.15) is 32.6 Å². The van der Waals surface area contributed by atoms with E-state index in [1.807, 2.05) is 0 Å². The maximum absolute atomic E-state index is 10.0. The Kier molecular flexibility index (Phi) is 7.40. The van der Waals surface area contributed by atoms with Crippen molar-refractivity contribution in [2.75, 3.05) is 6.54 Å². The summed E-state index contributed by atoms with van der Waals surface area (Å²) in [4.78, 5) is 10.0. The summed E-state index contributed by atoms with van der Waals surface area (Å²) >= 11 is 0. The van der Waals surface area contributed by atoms with Crippen molar-refractivity contribution in [3.63, 3.8) is 0 Å². The second kappa shape index (κ2) is 7.49. The van der Waals surface area contributed by atoms with Crippen molar-refractivity contribution in [1.29, 1.82) is 0 Å². The van der Waals surface area contributed by atoms with Crippen LogP contribution in [0, 0.1) is 5.92 Å². The summed E-state index contributed by atoms with van der Waals surface area (Å²) in [6.45, 7) is 3.03. The van der Waals surface area contributed by atoms with E-state index >= 15 is 0 Å². The minimum atomic E-state index is 0.674. The van der Waals surface area contributed by atoms with Crippen LogP contribution in [0.4, 0.5) is 0 Å². The third kappa shape index (κ3) is 5.49. The fourth-order valence-corrected chi connectivity index (χ4v) is 1.89. The van der Waals surface area contributed by atoms with E-state index in [1.165, 1.54) is 23.1 Å². The largest absolute Gasteiger partial charge is 0.330 e. The third-order valence-corrected chi connectivity index (χ3v) is 4.29. The molecule has 0 aliphatic carbocycles. The highest BCUT2D eigenvalue weighted by atomic mass is 28.1. The molecule has 2 N–H and O–H groups in total. The zero-order valence-corrected chi connectivity index (χ0v) is 10.3. The molecule has 0 spiro atoms. The van der Waals surface area contributed by atoms with Crippen molar-refractivity contribution in [2.24, 2.45) is 11.7 Å². The molecule has 0 aromatic carbocycles. The fourth-order valence-electron chi connectivity index (χ4n) is 1.21. The van der Waals surface area contributed by atoms with Gasteiger partial charge in [-0.15, -0.1) is 0 Å². The molecule has 0 fully saturated rings. The number of rotatable bonds is 7. The first-order valence-electron chi connectivity index (χ1n) is 4.86. The van der Waals surface area contributed by atoms with Crippen LogP contribution in [0.3, 0.4) is 0 Å². The van der Waals surface area contributed by atoms with Gasteiger partial charge in [0.1, 0.15) is 6.29 Å². The van der Waals surface area contributed by atoms with Crippen LogP contribution in [0.25, 0.3) is 0 Å². The van der Waals surface area contributed by atoms with Gasteiger partial charge in [0.25, 0.3) is 0 Å². The first-order chi connectivity index (χ1) is 5.72. The first kappa shape index (κ1) is 11.8. The van der Waals surface area contributed by atoms with Crippen LogP contribution in [0.2, 0.25) is 5.54 Å². The second-order valence-electron chi connectivity index (χ2n) is 3.64. The van der Waals surface area contributed by atoms with Crippen molar-refractivity contribution in [3.05, 3.63) is 0 Å². The number of carbonyl (C=O) groups is 1. The average Bonchev–Trinajstić information content (AvgIpc) is 2.10. The molecule has 0 aromatic heterocycles. The van der Waals surface area contributed by atoms with Gasteiger partial charge >= 0.3 is 0 Å². The summed E-state index contributed by atoms with van der Waals surface area (Å²) in [6.07, 6.45) is 5.24. The van der Waals surface area contributed by atoms with Gasteiger partial charge in [0.05, 0.1) is 0 Å². The van der Waals surface area contributed by atoms with E-state index in [2.05, 4.69) is 6.92 Å². The monoisotopic (exact) mass is 187 g/mol. The maximum Gasteiger partial charge on any atom is 0.119 e. The smallest absolute Gasteiger partial charge is 0.119 e. The lowest BCUT2D eigenvalue weighted by atomic mass is 10.0. The summed E-state index contributed by atoms with van der Waals surface area (Å²) in [5.41, 5.74) is 6.40. The SMILES string of the molecule is CC(CN)C([SiH3])CCCCC=O. The molecule has 0 amide bonds. The number of hydrogen-bond donors (Lipinski definition) is 1. The molecule has 0 bridgehead atoms. The molecule has 2 nitrogen and oxygen atoms in total. The van der Waals surface area contributed by atoms with Crippen LogP contribution in [-0.2, 0) is 4.79 Å². The minimum Gasteiger partial charge on any atom is -0.330 e. The summed E-state index contributed by atoms with van der Waals surface area (Å²) in [5, 5.41) is 0.